The molecule has 0 aliphatic heterocycles. The van der Waals surface area contributed by atoms with Gasteiger partial charge in [0.15, 0.2) is 5.82 Å². The van der Waals surface area contributed by atoms with Crippen LogP contribution in [0.25, 0.3) is 22.6 Å². The van der Waals surface area contributed by atoms with Gasteiger partial charge in [-0.2, -0.15) is 0 Å². The van der Waals surface area contributed by atoms with Gasteiger partial charge in [-0.05, 0) is 40.5 Å². The van der Waals surface area contributed by atoms with E-state index in [0.29, 0.717) is 24.1 Å². The van der Waals surface area contributed by atoms with Crippen molar-refractivity contribution >= 4 is 11.6 Å². The van der Waals surface area contributed by atoms with E-state index in [-0.39, 0.29) is 5.69 Å². The minimum absolute atomic E-state index is 0.0911. The minimum atomic E-state index is -0.0911. The average Bonchev–Trinajstić information content (AvgIpc) is 3.53. The van der Waals surface area contributed by atoms with E-state index in [4.69, 9.17) is 11.6 Å². The van der Waals surface area contributed by atoms with E-state index < -0.39 is 0 Å². The predicted molar refractivity (Wildman–Crippen MR) is 140 cm³/mol. The zero-order valence-electron chi connectivity index (χ0n) is 19.9. The number of hydrogen-bond acceptors (Lipinski definition) is 5. The zero-order chi connectivity index (χ0) is 24.9. The Kier molecular flexibility index (Phi) is 7.04. The van der Waals surface area contributed by atoms with Gasteiger partial charge in [0.1, 0.15) is 5.15 Å². The lowest BCUT2D eigenvalue weighted by Gasteiger charge is -2.09. The first-order chi connectivity index (χ1) is 17.7. The number of nitrogens with one attached hydrogen (secondary N) is 1. The Labute approximate surface area is 213 Å². The summed E-state index contributed by atoms with van der Waals surface area (Å²) in [4.78, 5) is 18.1. The maximum atomic E-state index is 13.4. The topological polar surface area (TPSA) is 94.3 Å². The molecule has 0 atom stereocenters. The molecule has 0 aliphatic rings. The molecule has 5 aromatic rings. The quantitative estimate of drug-likeness (QED) is 0.314. The van der Waals surface area contributed by atoms with Gasteiger partial charge in [-0.3, -0.25) is 14.1 Å². The van der Waals surface area contributed by atoms with Gasteiger partial charge in [-0.15, -0.1) is 5.10 Å². The Balaban J connectivity index is 1.41. The molecule has 8 nitrogen and oxygen atoms in total. The van der Waals surface area contributed by atoms with Crippen molar-refractivity contribution in [1.29, 1.82) is 0 Å². The van der Waals surface area contributed by atoms with Crippen LogP contribution in [0.15, 0.2) is 77.7 Å². The largest absolute Gasteiger partial charge is 0.329 e. The molecule has 0 saturated heterocycles. The zero-order valence-corrected chi connectivity index (χ0v) is 20.7. The predicted octanol–water partition coefficient (Wildman–Crippen LogP) is 4.79. The lowest BCUT2D eigenvalue weighted by atomic mass is 10.0. The van der Waals surface area contributed by atoms with E-state index >= 15 is 0 Å². The van der Waals surface area contributed by atoms with Crippen molar-refractivity contribution in [2.45, 2.75) is 39.3 Å². The number of rotatable bonds is 9. The molecule has 3 aromatic heterocycles. The van der Waals surface area contributed by atoms with Crippen LogP contribution in [0.4, 0.5) is 0 Å². The maximum Gasteiger partial charge on any atom is 0.329 e. The molecule has 1 N–H and O–H groups in total. The van der Waals surface area contributed by atoms with Gasteiger partial charge in [0.2, 0.25) is 0 Å². The molecule has 36 heavy (non-hydrogen) atoms. The summed E-state index contributed by atoms with van der Waals surface area (Å²) in [5.41, 5.74) is 5.45. The molecule has 0 saturated carbocycles. The molecular formula is C27H26ClN7O. The number of halogens is 1. The van der Waals surface area contributed by atoms with Crippen molar-refractivity contribution in [1.82, 2.24) is 34.7 Å². The molecular weight excluding hydrogens is 474 g/mol. The summed E-state index contributed by atoms with van der Waals surface area (Å²) in [5, 5.41) is 14.7. The Morgan fingerprint density at radius 1 is 0.889 bits per heavy atom. The molecule has 182 valence electrons. The van der Waals surface area contributed by atoms with Crippen LogP contribution in [0, 0.1) is 0 Å². The molecule has 0 unspecified atom stereocenters. The number of aryl methyl sites for hydroxylation is 1. The van der Waals surface area contributed by atoms with Crippen LogP contribution in [0.2, 0.25) is 5.15 Å². The lowest BCUT2D eigenvalue weighted by molar-refractivity contribution is 0.628. The smallest absolute Gasteiger partial charge is 0.290 e. The molecule has 0 bridgehead atoms. The minimum Gasteiger partial charge on any atom is -0.290 e. The fourth-order valence-corrected chi connectivity index (χ4v) is 4.73. The van der Waals surface area contributed by atoms with Crippen molar-refractivity contribution < 1.29 is 0 Å². The number of pyridine rings is 1. The summed E-state index contributed by atoms with van der Waals surface area (Å²) in [7, 11) is 0. The monoisotopic (exact) mass is 499 g/mol. The molecule has 0 aliphatic carbocycles. The first-order valence-corrected chi connectivity index (χ1v) is 12.3. The van der Waals surface area contributed by atoms with Gasteiger partial charge in [-0.25, -0.2) is 9.89 Å². The van der Waals surface area contributed by atoms with Crippen LogP contribution in [0.5, 0.6) is 0 Å². The summed E-state index contributed by atoms with van der Waals surface area (Å²) in [6.07, 6.45) is 4.18. The van der Waals surface area contributed by atoms with Crippen molar-refractivity contribution in [3.63, 3.8) is 0 Å². The highest BCUT2D eigenvalue weighted by atomic mass is 35.5. The van der Waals surface area contributed by atoms with Gasteiger partial charge in [0.25, 0.3) is 0 Å². The van der Waals surface area contributed by atoms with E-state index in [1.807, 2.05) is 60.8 Å². The Bertz CT molecular complexity index is 1490. The number of tetrazole rings is 1. The van der Waals surface area contributed by atoms with E-state index in [0.717, 1.165) is 47.3 Å². The highest BCUT2D eigenvalue weighted by Gasteiger charge is 2.18. The third kappa shape index (κ3) is 4.85. The maximum absolute atomic E-state index is 13.4. The summed E-state index contributed by atoms with van der Waals surface area (Å²) >= 11 is 6.72. The third-order valence-corrected chi connectivity index (χ3v) is 6.61. The fraction of sp³-hybridized carbons (Fsp3) is 0.222. The van der Waals surface area contributed by atoms with Gasteiger partial charge >= 0.3 is 5.69 Å². The molecule has 0 fully saturated rings. The SMILES string of the molecule is CCCc1c(Cl)n(CCc2ccccc2)c(=O)n1Cc1ccc(-c2ccccc2-c2nnn[nH]2)nc1. The van der Waals surface area contributed by atoms with Crippen LogP contribution in [0.1, 0.15) is 30.2 Å². The lowest BCUT2D eigenvalue weighted by Crippen LogP contribution is -2.26. The normalized spacial score (nSPS) is 11.2. The van der Waals surface area contributed by atoms with E-state index in [2.05, 4.69) is 44.7 Å². The Hall–Kier alpha value is -4.04. The fourth-order valence-electron chi connectivity index (χ4n) is 4.38. The summed E-state index contributed by atoms with van der Waals surface area (Å²) in [5.74, 6) is 0.582. The standard InChI is InChI=1S/C27H26ClN7O/c1-2-8-24-25(28)34(16-15-19-9-4-3-5-10-19)27(36)35(24)18-20-13-14-23(29-17-20)21-11-6-7-12-22(21)26-30-32-33-31-26/h3-7,9-14,17H,2,8,15-16,18H2,1H3,(H,30,31,32,33). The van der Waals surface area contributed by atoms with Gasteiger partial charge in [-0.1, -0.05) is 85.6 Å². The van der Waals surface area contributed by atoms with Crippen LogP contribution in [-0.2, 0) is 25.9 Å². The number of aromatic nitrogens is 7. The van der Waals surface area contributed by atoms with E-state index in [1.165, 1.54) is 5.56 Å². The number of hydrogen-bond donors (Lipinski definition) is 1. The summed E-state index contributed by atoms with van der Waals surface area (Å²) in [6.45, 7) is 3.04. The van der Waals surface area contributed by atoms with Crippen molar-refractivity contribution in [2.75, 3.05) is 0 Å². The van der Waals surface area contributed by atoms with Crippen molar-refractivity contribution in [3.05, 3.63) is 105 Å². The first-order valence-electron chi connectivity index (χ1n) is 12.0. The number of imidazole rings is 1. The van der Waals surface area contributed by atoms with E-state index in [1.54, 1.807) is 9.13 Å². The third-order valence-electron chi connectivity index (χ3n) is 6.19. The number of nitrogens with zero attached hydrogens (tertiary/aromatic N) is 6. The number of benzene rings is 2. The Morgan fingerprint density at radius 3 is 2.36 bits per heavy atom. The van der Waals surface area contributed by atoms with Crippen molar-refractivity contribution in [3.8, 4) is 22.6 Å². The average molecular weight is 500 g/mol. The first kappa shape index (κ1) is 23.7. The summed E-state index contributed by atoms with van der Waals surface area (Å²) < 4.78 is 3.46. The molecule has 3 heterocycles. The molecule has 9 heteroatoms. The van der Waals surface area contributed by atoms with Crippen molar-refractivity contribution in [2.24, 2.45) is 0 Å². The number of H-pyrrole nitrogens is 1. The van der Waals surface area contributed by atoms with Gasteiger partial charge in [0.05, 0.1) is 17.9 Å². The van der Waals surface area contributed by atoms with Gasteiger partial charge < -0.3 is 0 Å². The summed E-state index contributed by atoms with van der Waals surface area (Å²) in [6, 6.07) is 21.9. The van der Waals surface area contributed by atoms with Crippen LogP contribution < -0.4 is 5.69 Å². The molecule has 0 radical (unpaired) electrons. The Morgan fingerprint density at radius 2 is 1.67 bits per heavy atom. The molecule has 2 aromatic carbocycles. The van der Waals surface area contributed by atoms with E-state index in [9.17, 15) is 4.79 Å². The molecule has 0 spiro atoms. The molecule has 0 amide bonds. The van der Waals surface area contributed by atoms with Gasteiger partial charge in [0, 0.05) is 23.9 Å². The highest BCUT2D eigenvalue weighted by Crippen LogP contribution is 2.28. The van der Waals surface area contributed by atoms with Crippen LogP contribution in [0.3, 0.4) is 0 Å². The van der Waals surface area contributed by atoms with Crippen LogP contribution >= 0.6 is 11.6 Å². The number of aromatic amines is 1. The second-order valence-corrected chi connectivity index (χ2v) is 8.95. The second kappa shape index (κ2) is 10.7. The van der Waals surface area contributed by atoms with Crippen LogP contribution in [-0.4, -0.2) is 34.7 Å². The highest BCUT2D eigenvalue weighted by molar-refractivity contribution is 6.30. The molecule has 5 rings (SSSR count). The second-order valence-electron chi connectivity index (χ2n) is 8.59.